The van der Waals surface area contributed by atoms with Crippen molar-refractivity contribution in [1.82, 2.24) is 25.2 Å². The van der Waals surface area contributed by atoms with Gasteiger partial charge in [-0.2, -0.15) is 9.97 Å². The molecular weight excluding hydrogens is 527 g/mol. The highest BCUT2D eigenvalue weighted by Gasteiger charge is 2.45. The molecule has 0 saturated carbocycles. The number of benzene rings is 2. The third-order valence-electron chi connectivity index (χ3n) is 9.86. The van der Waals surface area contributed by atoms with Crippen LogP contribution in [0.2, 0.25) is 0 Å². The van der Waals surface area contributed by atoms with Gasteiger partial charge in [0.25, 0.3) is 0 Å². The second kappa shape index (κ2) is 10.2. The molecule has 4 saturated heterocycles. The fraction of sp³-hybridized carbons (Fsp3) is 0.441. The zero-order valence-corrected chi connectivity index (χ0v) is 24.0. The third-order valence-corrected chi connectivity index (χ3v) is 9.86. The predicted molar refractivity (Wildman–Crippen MR) is 163 cm³/mol. The van der Waals surface area contributed by atoms with Crippen LogP contribution in [0.15, 0.2) is 42.6 Å². The number of hydrogen-bond donors (Lipinski definition) is 1. The first-order chi connectivity index (χ1) is 20.6. The van der Waals surface area contributed by atoms with Crippen molar-refractivity contribution in [3.8, 4) is 29.1 Å². The fourth-order valence-corrected chi connectivity index (χ4v) is 7.92. The van der Waals surface area contributed by atoms with E-state index in [-0.39, 0.29) is 22.8 Å². The Bertz CT molecular complexity index is 1740. The molecule has 2 aromatic heterocycles. The van der Waals surface area contributed by atoms with Crippen LogP contribution in [0.25, 0.3) is 32.9 Å². The lowest BCUT2D eigenvalue weighted by atomic mass is 9.95. The van der Waals surface area contributed by atoms with Crippen molar-refractivity contribution < 1.29 is 9.13 Å². The van der Waals surface area contributed by atoms with E-state index in [4.69, 9.17) is 19.7 Å². The lowest BCUT2D eigenvalue weighted by Crippen LogP contribution is -2.51. The van der Waals surface area contributed by atoms with Gasteiger partial charge in [-0.15, -0.1) is 5.92 Å². The van der Waals surface area contributed by atoms with Gasteiger partial charge in [-0.25, -0.2) is 4.39 Å². The molecular formula is C34H35FN6O. The number of nitrogens with zero attached hydrogens (tertiary/aromatic N) is 5. The monoisotopic (exact) mass is 562 g/mol. The van der Waals surface area contributed by atoms with Crippen molar-refractivity contribution in [2.45, 2.75) is 63.1 Å². The molecule has 7 nitrogen and oxygen atoms in total. The van der Waals surface area contributed by atoms with Crippen molar-refractivity contribution >= 4 is 27.5 Å². The van der Waals surface area contributed by atoms with Gasteiger partial charge < -0.3 is 15.0 Å². The van der Waals surface area contributed by atoms with E-state index in [9.17, 15) is 0 Å². The van der Waals surface area contributed by atoms with Gasteiger partial charge in [-0.05, 0) is 70.0 Å². The van der Waals surface area contributed by atoms with Crippen LogP contribution in [0.5, 0.6) is 6.01 Å². The minimum atomic E-state index is -0.451. The van der Waals surface area contributed by atoms with Gasteiger partial charge >= 0.3 is 6.01 Å². The van der Waals surface area contributed by atoms with Crippen LogP contribution in [0, 0.1) is 17.7 Å². The number of anilines is 1. The minimum absolute atomic E-state index is 0.0499. The highest BCUT2D eigenvalue weighted by atomic mass is 19.1. The van der Waals surface area contributed by atoms with E-state index in [0.29, 0.717) is 35.5 Å². The van der Waals surface area contributed by atoms with E-state index >= 15 is 4.39 Å². The van der Waals surface area contributed by atoms with Crippen LogP contribution >= 0.6 is 0 Å². The molecule has 0 aliphatic carbocycles. The van der Waals surface area contributed by atoms with E-state index in [2.05, 4.69) is 27.0 Å². The first-order valence-corrected chi connectivity index (χ1v) is 15.3. The summed E-state index contributed by atoms with van der Waals surface area (Å²) >= 11 is 0. The molecule has 0 amide bonds. The Kier molecular flexibility index (Phi) is 6.27. The topological polar surface area (TPSA) is 66.4 Å². The molecule has 214 valence electrons. The Morgan fingerprint density at radius 3 is 2.57 bits per heavy atom. The number of fused-ring (bicyclic) bond motifs is 5. The first-order valence-electron chi connectivity index (χ1n) is 15.3. The summed E-state index contributed by atoms with van der Waals surface area (Å²) in [6.07, 6.45) is 8.67. The number of piperazine rings is 1. The molecule has 42 heavy (non-hydrogen) atoms. The standard InChI is InChI=1S/C34H35FN6O/c1-2-7-22-8-3-9-23-10-4-11-26(28(22)23)30-29(35)31-27(18-36-30)32(40-19-24-12-13-25(20-40)37-24)39-33(38-31)42-21-34-14-5-16-41(34)17-6-15-34/h3-4,8-11,18,24-25,37H,5-6,12-17,19-21H2,1H3/t24-,25+. The average molecular weight is 563 g/mol. The van der Waals surface area contributed by atoms with Crippen LogP contribution < -0.4 is 15.0 Å². The van der Waals surface area contributed by atoms with Crippen LogP contribution in [0.3, 0.4) is 0 Å². The van der Waals surface area contributed by atoms with E-state index in [0.717, 1.165) is 68.2 Å². The quantitative estimate of drug-likeness (QED) is 0.331. The minimum Gasteiger partial charge on any atom is -0.461 e. The maximum absolute atomic E-state index is 16.8. The van der Waals surface area contributed by atoms with Crippen molar-refractivity contribution in [2.75, 3.05) is 37.7 Å². The molecule has 4 aliphatic rings. The van der Waals surface area contributed by atoms with Gasteiger partial charge in [-0.3, -0.25) is 9.88 Å². The number of rotatable bonds is 5. The van der Waals surface area contributed by atoms with Gasteiger partial charge in [0.15, 0.2) is 5.82 Å². The molecule has 4 aromatic rings. The summed E-state index contributed by atoms with van der Waals surface area (Å²) in [6.45, 7) is 6.24. The van der Waals surface area contributed by atoms with Crippen LogP contribution in [0.1, 0.15) is 51.0 Å². The summed E-state index contributed by atoms with van der Waals surface area (Å²) in [5.41, 5.74) is 2.14. The zero-order chi connectivity index (χ0) is 28.3. The molecule has 6 heterocycles. The summed E-state index contributed by atoms with van der Waals surface area (Å²) in [5, 5.41) is 6.21. The SMILES string of the molecule is CC#Cc1cccc2cccc(-c3ncc4c(N5C[C@H]6CC[C@@H](C5)N6)nc(OCC56CCCN5CCC6)nc4c3F)c12. The molecule has 8 rings (SSSR count). The molecule has 4 fully saturated rings. The predicted octanol–water partition coefficient (Wildman–Crippen LogP) is 5.30. The molecule has 1 N–H and O–H groups in total. The molecule has 2 atom stereocenters. The molecule has 2 aromatic carbocycles. The molecule has 0 unspecified atom stereocenters. The summed E-state index contributed by atoms with van der Waals surface area (Å²) in [7, 11) is 0. The lowest BCUT2D eigenvalue weighted by molar-refractivity contribution is 0.108. The molecule has 8 heteroatoms. The van der Waals surface area contributed by atoms with E-state index < -0.39 is 5.82 Å². The van der Waals surface area contributed by atoms with Crippen LogP contribution in [-0.4, -0.2) is 70.3 Å². The second-order valence-electron chi connectivity index (χ2n) is 12.3. The Morgan fingerprint density at radius 1 is 1.05 bits per heavy atom. The van der Waals surface area contributed by atoms with Crippen molar-refractivity contribution in [3.63, 3.8) is 0 Å². The largest absolute Gasteiger partial charge is 0.461 e. The smallest absolute Gasteiger partial charge is 0.319 e. The summed E-state index contributed by atoms with van der Waals surface area (Å²) in [6, 6.07) is 12.9. The Balaban J connectivity index is 1.26. The third kappa shape index (κ3) is 4.21. The fourth-order valence-electron chi connectivity index (χ4n) is 7.92. The molecule has 4 aliphatic heterocycles. The van der Waals surface area contributed by atoms with Gasteiger partial charge in [0, 0.05) is 47.9 Å². The number of aromatic nitrogens is 3. The highest BCUT2D eigenvalue weighted by Crippen LogP contribution is 2.40. The first kappa shape index (κ1) is 25.9. The Morgan fingerprint density at radius 2 is 1.81 bits per heavy atom. The number of hydrogen-bond acceptors (Lipinski definition) is 7. The Hall–Kier alpha value is -3.80. The second-order valence-corrected chi connectivity index (χ2v) is 12.3. The van der Waals surface area contributed by atoms with Gasteiger partial charge in [0.2, 0.25) is 0 Å². The zero-order valence-electron chi connectivity index (χ0n) is 24.0. The summed E-state index contributed by atoms with van der Waals surface area (Å²) in [5.74, 6) is 6.46. The highest BCUT2D eigenvalue weighted by molar-refractivity contribution is 6.02. The van der Waals surface area contributed by atoms with E-state index in [1.54, 1.807) is 6.20 Å². The summed E-state index contributed by atoms with van der Waals surface area (Å²) in [4.78, 5) is 19.3. The van der Waals surface area contributed by atoms with Gasteiger partial charge in [0.05, 0.1) is 10.9 Å². The number of halogens is 1. The molecule has 0 radical (unpaired) electrons. The van der Waals surface area contributed by atoms with Crippen molar-refractivity contribution in [1.29, 1.82) is 0 Å². The van der Waals surface area contributed by atoms with Crippen molar-refractivity contribution in [3.05, 3.63) is 54.0 Å². The van der Waals surface area contributed by atoms with Crippen LogP contribution in [0.4, 0.5) is 10.2 Å². The average Bonchev–Trinajstić information content (AvgIpc) is 3.69. The number of pyridine rings is 1. The number of ether oxygens (including phenoxy) is 1. The Labute approximate surface area is 245 Å². The van der Waals surface area contributed by atoms with E-state index in [1.165, 1.54) is 12.8 Å². The van der Waals surface area contributed by atoms with Crippen LogP contribution in [-0.2, 0) is 0 Å². The summed E-state index contributed by atoms with van der Waals surface area (Å²) < 4.78 is 23.2. The van der Waals surface area contributed by atoms with Gasteiger partial charge in [0.1, 0.15) is 23.6 Å². The number of nitrogens with one attached hydrogen (secondary N) is 1. The maximum atomic E-state index is 16.8. The van der Waals surface area contributed by atoms with Crippen molar-refractivity contribution in [2.24, 2.45) is 0 Å². The lowest BCUT2D eigenvalue weighted by Gasteiger charge is -2.34. The molecule has 2 bridgehead atoms. The van der Waals surface area contributed by atoms with Gasteiger partial charge in [-0.1, -0.05) is 36.3 Å². The maximum Gasteiger partial charge on any atom is 0.319 e. The van der Waals surface area contributed by atoms with E-state index in [1.807, 2.05) is 43.3 Å². The molecule has 0 spiro atoms. The normalized spacial score (nSPS) is 22.9.